The normalized spacial score (nSPS) is 10.5. The fourth-order valence-electron chi connectivity index (χ4n) is 3.14. The Bertz CT molecular complexity index is 997. The molecule has 152 valence electrons. The van der Waals surface area contributed by atoms with Crippen LogP contribution in [0.2, 0.25) is 0 Å². The third-order valence-corrected chi connectivity index (χ3v) is 4.47. The Morgan fingerprint density at radius 3 is 2.21 bits per heavy atom. The van der Waals surface area contributed by atoms with Crippen molar-refractivity contribution in [2.24, 2.45) is 0 Å². The SMILES string of the molecule is CCOC(=O)c1cc(OC)c2c(OCc3ccccc3)cc(OC)c(OC)c2c1. The van der Waals surface area contributed by atoms with Crippen LogP contribution in [0, 0.1) is 0 Å². The molecule has 3 rings (SSSR count). The lowest BCUT2D eigenvalue weighted by Crippen LogP contribution is -2.06. The number of carbonyl (C=O) groups excluding carboxylic acids is 1. The molecule has 6 heteroatoms. The van der Waals surface area contributed by atoms with Crippen molar-refractivity contribution < 1.29 is 28.5 Å². The first-order valence-electron chi connectivity index (χ1n) is 9.23. The molecule has 0 saturated carbocycles. The van der Waals surface area contributed by atoms with Crippen LogP contribution in [0.25, 0.3) is 10.8 Å². The lowest BCUT2D eigenvalue weighted by atomic mass is 10.0. The van der Waals surface area contributed by atoms with Gasteiger partial charge in [-0.25, -0.2) is 4.79 Å². The lowest BCUT2D eigenvalue weighted by Gasteiger charge is -2.18. The Labute approximate surface area is 169 Å². The first-order chi connectivity index (χ1) is 14.1. The van der Waals surface area contributed by atoms with Crippen molar-refractivity contribution in [3.8, 4) is 23.0 Å². The van der Waals surface area contributed by atoms with E-state index >= 15 is 0 Å². The van der Waals surface area contributed by atoms with Gasteiger partial charge in [0.1, 0.15) is 18.1 Å². The van der Waals surface area contributed by atoms with E-state index in [1.165, 1.54) is 0 Å². The number of esters is 1. The summed E-state index contributed by atoms with van der Waals surface area (Å²) in [4.78, 5) is 12.3. The van der Waals surface area contributed by atoms with Gasteiger partial charge in [0, 0.05) is 11.5 Å². The molecule has 0 atom stereocenters. The Morgan fingerprint density at radius 1 is 0.862 bits per heavy atom. The van der Waals surface area contributed by atoms with Gasteiger partial charge in [-0.2, -0.15) is 0 Å². The van der Waals surface area contributed by atoms with Crippen LogP contribution in [-0.4, -0.2) is 33.9 Å². The van der Waals surface area contributed by atoms with Crippen LogP contribution in [0.3, 0.4) is 0 Å². The van der Waals surface area contributed by atoms with Gasteiger partial charge < -0.3 is 23.7 Å². The first kappa shape index (κ1) is 20.3. The van der Waals surface area contributed by atoms with Gasteiger partial charge in [-0.15, -0.1) is 0 Å². The summed E-state index contributed by atoms with van der Waals surface area (Å²) < 4.78 is 27.9. The van der Waals surface area contributed by atoms with Gasteiger partial charge >= 0.3 is 5.97 Å². The number of hydrogen-bond acceptors (Lipinski definition) is 6. The van der Waals surface area contributed by atoms with Crippen LogP contribution in [0.5, 0.6) is 23.0 Å². The van der Waals surface area contributed by atoms with E-state index in [9.17, 15) is 4.79 Å². The molecule has 0 aliphatic rings. The Hall–Kier alpha value is -3.41. The lowest BCUT2D eigenvalue weighted by molar-refractivity contribution is 0.0526. The van der Waals surface area contributed by atoms with Crippen LogP contribution < -0.4 is 18.9 Å². The highest BCUT2D eigenvalue weighted by molar-refractivity contribution is 6.04. The van der Waals surface area contributed by atoms with Crippen molar-refractivity contribution in [2.75, 3.05) is 27.9 Å². The van der Waals surface area contributed by atoms with Gasteiger partial charge in [0.2, 0.25) is 0 Å². The summed E-state index contributed by atoms with van der Waals surface area (Å²) >= 11 is 0. The molecule has 0 unspecified atom stereocenters. The van der Waals surface area contributed by atoms with Gasteiger partial charge in [-0.3, -0.25) is 0 Å². The maximum absolute atomic E-state index is 12.3. The number of rotatable bonds is 8. The van der Waals surface area contributed by atoms with Crippen LogP contribution in [0.15, 0.2) is 48.5 Å². The number of hydrogen-bond donors (Lipinski definition) is 0. The summed E-state index contributed by atoms with van der Waals surface area (Å²) in [5.74, 6) is 1.58. The van der Waals surface area contributed by atoms with E-state index in [0.717, 1.165) is 5.56 Å². The fourth-order valence-corrected chi connectivity index (χ4v) is 3.14. The standard InChI is InChI=1S/C23H24O6/c1-5-28-23(24)16-11-17-21(18(12-16)25-2)19(13-20(26-3)22(17)27-4)29-14-15-9-7-6-8-10-15/h6-13H,5,14H2,1-4H3. The second-order valence-corrected chi connectivity index (χ2v) is 6.21. The molecule has 0 aliphatic heterocycles. The number of ether oxygens (including phenoxy) is 5. The summed E-state index contributed by atoms with van der Waals surface area (Å²) in [7, 11) is 4.64. The zero-order valence-corrected chi connectivity index (χ0v) is 17.0. The van der Waals surface area contributed by atoms with E-state index in [0.29, 0.717) is 45.9 Å². The minimum Gasteiger partial charge on any atom is -0.496 e. The minimum atomic E-state index is -0.440. The molecule has 29 heavy (non-hydrogen) atoms. The van der Waals surface area contributed by atoms with Gasteiger partial charge in [0.15, 0.2) is 11.5 Å². The predicted octanol–water partition coefficient (Wildman–Crippen LogP) is 4.62. The monoisotopic (exact) mass is 396 g/mol. The minimum absolute atomic E-state index is 0.278. The largest absolute Gasteiger partial charge is 0.496 e. The molecule has 0 amide bonds. The zero-order valence-electron chi connectivity index (χ0n) is 17.0. The highest BCUT2D eigenvalue weighted by Crippen LogP contribution is 2.46. The second-order valence-electron chi connectivity index (χ2n) is 6.21. The average Bonchev–Trinajstić information content (AvgIpc) is 2.76. The molecule has 3 aromatic carbocycles. The van der Waals surface area contributed by atoms with Crippen molar-refractivity contribution in [3.63, 3.8) is 0 Å². The molecule has 0 N–H and O–H groups in total. The van der Waals surface area contributed by atoms with E-state index in [2.05, 4.69) is 0 Å². The molecule has 0 spiro atoms. The summed E-state index contributed by atoms with van der Waals surface area (Å²) in [6.45, 7) is 2.41. The van der Waals surface area contributed by atoms with Crippen molar-refractivity contribution in [2.45, 2.75) is 13.5 Å². The number of fused-ring (bicyclic) bond motifs is 1. The Morgan fingerprint density at radius 2 is 1.59 bits per heavy atom. The molecule has 0 bridgehead atoms. The molecule has 0 aromatic heterocycles. The van der Waals surface area contributed by atoms with Crippen LogP contribution in [0.1, 0.15) is 22.8 Å². The Kier molecular flexibility index (Phi) is 6.44. The topological polar surface area (TPSA) is 63.2 Å². The zero-order chi connectivity index (χ0) is 20.8. The maximum atomic E-state index is 12.3. The highest BCUT2D eigenvalue weighted by Gasteiger charge is 2.21. The molecule has 6 nitrogen and oxygen atoms in total. The van der Waals surface area contributed by atoms with Crippen LogP contribution in [-0.2, 0) is 11.3 Å². The molecule has 3 aromatic rings. The van der Waals surface area contributed by atoms with Crippen LogP contribution >= 0.6 is 0 Å². The van der Waals surface area contributed by atoms with Crippen molar-refractivity contribution >= 4 is 16.7 Å². The van der Waals surface area contributed by atoms with E-state index in [1.807, 2.05) is 30.3 Å². The van der Waals surface area contributed by atoms with Crippen molar-refractivity contribution in [1.82, 2.24) is 0 Å². The van der Waals surface area contributed by atoms with E-state index < -0.39 is 5.97 Å². The quantitative estimate of drug-likeness (QED) is 0.518. The van der Waals surface area contributed by atoms with Gasteiger partial charge in [-0.05, 0) is 24.6 Å². The molecule has 0 fully saturated rings. The molecule has 0 heterocycles. The third-order valence-electron chi connectivity index (χ3n) is 4.47. The maximum Gasteiger partial charge on any atom is 0.338 e. The summed E-state index contributed by atoms with van der Waals surface area (Å²) in [5, 5.41) is 1.33. The Balaban J connectivity index is 2.18. The molecular formula is C23H24O6. The molecule has 0 radical (unpaired) electrons. The first-order valence-corrected chi connectivity index (χ1v) is 9.23. The predicted molar refractivity (Wildman–Crippen MR) is 110 cm³/mol. The molecule has 0 aliphatic carbocycles. The second kappa shape index (κ2) is 9.19. The van der Waals surface area contributed by atoms with Gasteiger partial charge in [0.25, 0.3) is 0 Å². The smallest absolute Gasteiger partial charge is 0.338 e. The number of carbonyl (C=O) groups is 1. The van der Waals surface area contributed by atoms with Gasteiger partial charge in [-0.1, -0.05) is 30.3 Å². The van der Waals surface area contributed by atoms with E-state index in [1.54, 1.807) is 46.5 Å². The molecular weight excluding hydrogens is 372 g/mol. The highest BCUT2D eigenvalue weighted by atomic mass is 16.5. The van der Waals surface area contributed by atoms with Crippen molar-refractivity contribution in [3.05, 3.63) is 59.7 Å². The number of benzene rings is 3. The molecule has 0 saturated heterocycles. The van der Waals surface area contributed by atoms with E-state index in [4.69, 9.17) is 23.7 Å². The summed E-state index contributed by atoms with van der Waals surface area (Å²) in [6, 6.07) is 14.9. The van der Waals surface area contributed by atoms with E-state index in [-0.39, 0.29) is 6.61 Å². The third kappa shape index (κ3) is 4.21. The summed E-state index contributed by atoms with van der Waals surface area (Å²) in [6.07, 6.45) is 0. The number of methoxy groups -OCH3 is 3. The summed E-state index contributed by atoms with van der Waals surface area (Å²) in [5.41, 5.74) is 1.38. The average molecular weight is 396 g/mol. The van der Waals surface area contributed by atoms with Crippen molar-refractivity contribution in [1.29, 1.82) is 0 Å². The fraction of sp³-hybridized carbons (Fsp3) is 0.261. The van der Waals surface area contributed by atoms with Gasteiger partial charge in [0.05, 0.1) is 38.9 Å². The van der Waals surface area contributed by atoms with Crippen LogP contribution in [0.4, 0.5) is 0 Å².